The Labute approximate surface area is 158 Å². The fourth-order valence-corrected chi connectivity index (χ4v) is 2.66. The maximum atomic E-state index is 12.9. The van der Waals surface area contributed by atoms with E-state index in [1.54, 1.807) is 22.9 Å². The molecule has 1 atom stereocenters. The van der Waals surface area contributed by atoms with Crippen LogP contribution in [0.25, 0.3) is 0 Å². The molecule has 0 bridgehead atoms. The third-order valence-corrected chi connectivity index (χ3v) is 4.03. The molecule has 0 amide bonds. The van der Waals surface area contributed by atoms with Gasteiger partial charge in [-0.2, -0.15) is 0 Å². The van der Waals surface area contributed by atoms with E-state index in [2.05, 4.69) is 9.97 Å². The van der Waals surface area contributed by atoms with Gasteiger partial charge in [-0.1, -0.05) is 0 Å². The van der Waals surface area contributed by atoms with E-state index in [1.807, 2.05) is 0 Å². The summed E-state index contributed by atoms with van der Waals surface area (Å²) in [6.07, 6.45) is 2.60. The molecule has 3 heterocycles. The number of rotatable bonds is 6. The summed E-state index contributed by atoms with van der Waals surface area (Å²) in [5.41, 5.74) is 0.689. The highest BCUT2D eigenvalue weighted by Crippen LogP contribution is 2.23. The van der Waals surface area contributed by atoms with Crippen molar-refractivity contribution in [2.75, 3.05) is 6.61 Å². The van der Waals surface area contributed by atoms with Crippen LogP contribution >= 0.6 is 0 Å². The molecule has 0 radical (unpaired) electrons. The number of fused-ring (bicyclic) bond motifs is 1. The second kappa shape index (κ2) is 7.61. The van der Waals surface area contributed by atoms with Gasteiger partial charge in [0.1, 0.15) is 36.2 Å². The van der Waals surface area contributed by atoms with Crippen molar-refractivity contribution >= 4 is 5.82 Å². The van der Waals surface area contributed by atoms with Gasteiger partial charge in [0.25, 0.3) is 0 Å². The van der Waals surface area contributed by atoms with E-state index in [9.17, 15) is 14.5 Å². The first-order chi connectivity index (χ1) is 13.6. The molecule has 0 fully saturated rings. The van der Waals surface area contributed by atoms with Crippen molar-refractivity contribution in [2.24, 2.45) is 0 Å². The third kappa shape index (κ3) is 4.07. The number of nitrogens with zero attached hydrogens (tertiary/aromatic N) is 4. The minimum absolute atomic E-state index is 0.215. The number of pyridine rings is 1. The summed E-state index contributed by atoms with van der Waals surface area (Å²) in [5, 5.41) is 10.8. The molecule has 0 saturated heterocycles. The van der Waals surface area contributed by atoms with E-state index in [-0.39, 0.29) is 37.0 Å². The summed E-state index contributed by atoms with van der Waals surface area (Å²) < 4.78 is 31.2. The van der Waals surface area contributed by atoms with Gasteiger partial charge in [0.05, 0.1) is 25.0 Å². The average Bonchev–Trinajstić information content (AvgIpc) is 3.13. The molecule has 0 N–H and O–H groups in total. The largest absolute Gasteiger partial charge is 0.456 e. The average molecular weight is 386 g/mol. The molecule has 0 unspecified atom stereocenters. The molecule has 144 valence electrons. The number of nitro groups is 1. The predicted octanol–water partition coefficient (Wildman–Crippen LogP) is 3.10. The van der Waals surface area contributed by atoms with E-state index in [0.717, 1.165) is 0 Å². The molecule has 28 heavy (non-hydrogen) atoms. The highest BCUT2D eigenvalue weighted by molar-refractivity contribution is 5.30. The van der Waals surface area contributed by atoms with Crippen molar-refractivity contribution in [1.82, 2.24) is 14.5 Å². The van der Waals surface area contributed by atoms with Crippen LogP contribution in [0.15, 0.2) is 48.8 Å². The zero-order valence-electron chi connectivity index (χ0n) is 14.5. The molecule has 1 aromatic carbocycles. The lowest BCUT2D eigenvalue weighted by Crippen LogP contribution is -2.32. The van der Waals surface area contributed by atoms with Crippen LogP contribution in [0, 0.1) is 15.9 Å². The van der Waals surface area contributed by atoms with Gasteiger partial charge in [-0.3, -0.25) is 9.55 Å². The number of hydrogen-bond donors (Lipinski definition) is 0. The number of halogens is 1. The number of hydrogen-bond acceptors (Lipinski definition) is 7. The zero-order valence-corrected chi connectivity index (χ0v) is 14.5. The van der Waals surface area contributed by atoms with Crippen LogP contribution in [-0.2, 0) is 17.9 Å². The van der Waals surface area contributed by atoms with E-state index < -0.39 is 4.92 Å². The summed E-state index contributed by atoms with van der Waals surface area (Å²) in [6, 6.07) is 9.41. The molecule has 0 saturated carbocycles. The molecule has 0 aliphatic carbocycles. The van der Waals surface area contributed by atoms with Crippen LogP contribution in [0.3, 0.4) is 0 Å². The molecule has 2 aromatic heterocycles. The maximum Gasteiger partial charge on any atom is 0.414 e. The van der Waals surface area contributed by atoms with Crippen molar-refractivity contribution in [3.8, 4) is 17.5 Å². The Morgan fingerprint density at radius 3 is 2.75 bits per heavy atom. The summed E-state index contributed by atoms with van der Waals surface area (Å²) >= 11 is 0. The lowest BCUT2D eigenvalue weighted by molar-refractivity contribution is -0.389. The van der Waals surface area contributed by atoms with Crippen molar-refractivity contribution < 1.29 is 23.5 Å². The summed E-state index contributed by atoms with van der Waals surface area (Å²) in [7, 11) is 0. The topological polar surface area (TPSA) is 102 Å². The quantitative estimate of drug-likeness (QED) is 0.474. The van der Waals surface area contributed by atoms with Gasteiger partial charge in [-0.25, -0.2) is 4.39 Å². The molecule has 0 spiro atoms. The Hall–Kier alpha value is -3.53. The molecule has 10 heteroatoms. The predicted molar refractivity (Wildman–Crippen MR) is 93.7 cm³/mol. The number of imidazole rings is 1. The third-order valence-electron chi connectivity index (χ3n) is 4.03. The number of aromatic nitrogens is 3. The highest BCUT2D eigenvalue weighted by atomic mass is 19.1. The SMILES string of the molecule is O=[N+]([O-])c1cn2c(n1)OC[C@@H](OCc1ccc(Oc3ccc(F)cc3)cn1)C2. The van der Waals surface area contributed by atoms with Gasteiger partial charge in [0, 0.05) is 4.98 Å². The Morgan fingerprint density at radius 2 is 2.04 bits per heavy atom. The van der Waals surface area contributed by atoms with Gasteiger partial charge in [-0.15, -0.1) is 0 Å². The Balaban J connectivity index is 1.31. The van der Waals surface area contributed by atoms with E-state index in [1.165, 1.54) is 30.5 Å². The van der Waals surface area contributed by atoms with Gasteiger partial charge >= 0.3 is 11.8 Å². The molecule has 1 aliphatic heterocycles. The Kier molecular flexibility index (Phi) is 4.85. The molecule has 3 aromatic rings. The standard InChI is InChI=1S/C18H15FN4O5/c19-12-1-4-14(5-2-12)28-15-6-3-13(20-7-15)10-26-16-8-22-9-17(23(24)25)21-18(22)27-11-16/h1-7,9,16H,8,10-11H2/t16-/m0/s1. The number of ether oxygens (including phenoxy) is 3. The van der Waals surface area contributed by atoms with Crippen LogP contribution < -0.4 is 9.47 Å². The first kappa shape index (κ1) is 17.9. The summed E-state index contributed by atoms with van der Waals surface area (Å²) in [5.74, 6) is 0.444. The smallest absolute Gasteiger partial charge is 0.414 e. The second-order valence-corrected chi connectivity index (χ2v) is 6.08. The first-order valence-corrected chi connectivity index (χ1v) is 8.41. The lowest BCUT2D eigenvalue weighted by Gasteiger charge is -2.22. The number of benzene rings is 1. The van der Waals surface area contributed by atoms with Crippen molar-refractivity contribution in [3.05, 3.63) is 70.4 Å². The van der Waals surface area contributed by atoms with Crippen LogP contribution in [0.4, 0.5) is 10.2 Å². The fourth-order valence-electron chi connectivity index (χ4n) is 2.66. The van der Waals surface area contributed by atoms with E-state index >= 15 is 0 Å². The van der Waals surface area contributed by atoms with E-state index in [0.29, 0.717) is 23.7 Å². The van der Waals surface area contributed by atoms with Gasteiger partial charge in [0.2, 0.25) is 0 Å². The molecular formula is C18H15FN4O5. The first-order valence-electron chi connectivity index (χ1n) is 8.41. The zero-order chi connectivity index (χ0) is 19.5. The van der Waals surface area contributed by atoms with Crippen LogP contribution in [0.1, 0.15) is 5.69 Å². The fraction of sp³-hybridized carbons (Fsp3) is 0.222. The maximum absolute atomic E-state index is 12.9. The minimum Gasteiger partial charge on any atom is -0.456 e. The minimum atomic E-state index is -0.565. The van der Waals surface area contributed by atoms with Crippen molar-refractivity contribution in [1.29, 1.82) is 0 Å². The highest BCUT2D eigenvalue weighted by Gasteiger charge is 2.28. The molecule has 4 rings (SSSR count). The summed E-state index contributed by atoms with van der Waals surface area (Å²) in [4.78, 5) is 18.3. The second-order valence-electron chi connectivity index (χ2n) is 6.08. The Bertz CT molecular complexity index is 975. The Morgan fingerprint density at radius 1 is 1.25 bits per heavy atom. The normalized spacial score (nSPS) is 15.5. The molecule has 9 nitrogen and oxygen atoms in total. The van der Waals surface area contributed by atoms with Gasteiger partial charge < -0.3 is 24.3 Å². The summed E-state index contributed by atoms with van der Waals surface area (Å²) in [6.45, 7) is 0.902. The van der Waals surface area contributed by atoms with Crippen molar-refractivity contribution in [3.63, 3.8) is 0 Å². The lowest BCUT2D eigenvalue weighted by atomic mass is 10.3. The van der Waals surface area contributed by atoms with Gasteiger partial charge in [-0.05, 0) is 41.3 Å². The van der Waals surface area contributed by atoms with E-state index in [4.69, 9.17) is 14.2 Å². The van der Waals surface area contributed by atoms with Crippen molar-refractivity contribution in [2.45, 2.75) is 19.3 Å². The monoisotopic (exact) mass is 386 g/mol. The van der Waals surface area contributed by atoms with Crippen LogP contribution in [0.2, 0.25) is 0 Å². The van der Waals surface area contributed by atoms with Crippen LogP contribution in [-0.4, -0.2) is 32.2 Å². The molecule has 1 aliphatic rings. The van der Waals surface area contributed by atoms with Crippen LogP contribution in [0.5, 0.6) is 17.5 Å². The van der Waals surface area contributed by atoms with Gasteiger partial charge in [0.15, 0.2) is 0 Å². The molecular weight excluding hydrogens is 371 g/mol.